The molecule has 1 aliphatic heterocycles. The lowest BCUT2D eigenvalue weighted by Crippen LogP contribution is -2.49. The summed E-state index contributed by atoms with van der Waals surface area (Å²) in [5, 5.41) is 0. The number of likely N-dealkylation sites (N-methyl/N-ethyl adjacent to an activating group) is 1. The predicted molar refractivity (Wildman–Crippen MR) is 98.0 cm³/mol. The van der Waals surface area contributed by atoms with Gasteiger partial charge < -0.3 is 14.5 Å². The summed E-state index contributed by atoms with van der Waals surface area (Å²) in [5.41, 5.74) is 0. The van der Waals surface area contributed by atoms with Crippen LogP contribution in [0.1, 0.15) is 46.5 Å². The van der Waals surface area contributed by atoms with Crippen LogP contribution >= 0.6 is 0 Å². The summed E-state index contributed by atoms with van der Waals surface area (Å²) in [6.07, 6.45) is 5.60. The van der Waals surface area contributed by atoms with Gasteiger partial charge in [-0.05, 0) is 32.4 Å². The normalized spacial score (nSPS) is 26.9. The zero-order valence-corrected chi connectivity index (χ0v) is 16.0. The Morgan fingerprint density at radius 2 is 1.61 bits per heavy atom. The van der Waals surface area contributed by atoms with E-state index in [9.17, 15) is 0 Å². The third-order valence-corrected chi connectivity index (χ3v) is 6.07. The topological polar surface area (TPSA) is 19.0 Å². The molecule has 0 aromatic rings. The van der Waals surface area contributed by atoms with E-state index in [1.807, 2.05) is 0 Å². The molecule has 0 aromatic carbocycles. The first-order chi connectivity index (χ1) is 11.2. The molecular weight excluding hydrogens is 286 g/mol. The fourth-order valence-electron chi connectivity index (χ4n) is 3.81. The van der Waals surface area contributed by atoms with Crippen LogP contribution in [0, 0.1) is 5.92 Å². The zero-order chi connectivity index (χ0) is 16.7. The minimum atomic E-state index is 0.515. The van der Waals surface area contributed by atoms with Crippen molar-refractivity contribution in [2.75, 3.05) is 59.5 Å². The van der Waals surface area contributed by atoms with Crippen molar-refractivity contribution in [3.63, 3.8) is 0 Å². The summed E-state index contributed by atoms with van der Waals surface area (Å²) < 4.78 is 6.09. The molecule has 2 fully saturated rings. The zero-order valence-electron chi connectivity index (χ0n) is 16.0. The molecule has 0 N–H and O–H groups in total. The fraction of sp³-hybridized carbons (Fsp3) is 1.00. The van der Waals surface area contributed by atoms with Crippen LogP contribution in [0.15, 0.2) is 0 Å². The van der Waals surface area contributed by atoms with E-state index in [2.05, 4.69) is 42.5 Å². The summed E-state index contributed by atoms with van der Waals surface area (Å²) in [7, 11) is 2.30. The summed E-state index contributed by atoms with van der Waals surface area (Å²) in [5.74, 6) is 0.863. The molecule has 0 aromatic heterocycles. The SMILES string of the molecule is CCC(CC)CN(C)[C@H]1C[C@H](OCCN2CCN(CC)CC2)C1. The van der Waals surface area contributed by atoms with Gasteiger partial charge in [-0.1, -0.05) is 33.6 Å². The van der Waals surface area contributed by atoms with Gasteiger partial charge in [0, 0.05) is 45.3 Å². The van der Waals surface area contributed by atoms with Gasteiger partial charge >= 0.3 is 0 Å². The highest BCUT2D eigenvalue weighted by atomic mass is 16.5. The second-order valence-corrected chi connectivity index (χ2v) is 7.52. The van der Waals surface area contributed by atoms with E-state index >= 15 is 0 Å². The van der Waals surface area contributed by atoms with Crippen LogP contribution in [-0.4, -0.2) is 86.3 Å². The lowest BCUT2D eigenvalue weighted by atomic mass is 9.87. The van der Waals surface area contributed by atoms with Crippen LogP contribution in [0.5, 0.6) is 0 Å². The molecule has 1 aliphatic carbocycles. The van der Waals surface area contributed by atoms with Gasteiger partial charge in [-0.25, -0.2) is 0 Å². The van der Waals surface area contributed by atoms with Gasteiger partial charge in [0.15, 0.2) is 0 Å². The third kappa shape index (κ3) is 6.00. The second-order valence-electron chi connectivity index (χ2n) is 7.52. The van der Waals surface area contributed by atoms with E-state index in [0.717, 1.165) is 25.1 Å². The van der Waals surface area contributed by atoms with E-state index in [1.54, 1.807) is 0 Å². The monoisotopic (exact) mass is 325 g/mol. The average Bonchev–Trinajstić information content (AvgIpc) is 2.55. The molecule has 0 atom stereocenters. The summed E-state index contributed by atoms with van der Waals surface area (Å²) in [4.78, 5) is 7.66. The molecule has 2 rings (SSSR count). The second kappa shape index (κ2) is 9.97. The average molecular weight is 326 g/mol. The van der Waals surface area contributed by atoms with Crippen LogP contribution in [0.4, 0.5) is 0 Å². The minimum Gasteiger partial charge on any atom is -0.377 e. The van der Waals surface area contributed by atoms with E-state index in [4.69, 9.17) is 4.74 Å². The maximum absolute atomic E-state index is 6.09. The Morgan fingerprint density at radius 3 is 2.17 bits per heavy atom. The maximum Gasteiger partial charge on any atom is 0.0605 e. The van der Waals surface area contributed by atoms with Gasteiger partial charge in [-0.2, -0.15) is 0 Å². The molecule has 0 bridgehead atoms. The Balaban J connectivity index is 1.51. The molecule has 0 spiro atoms. The Hall–Kier alpha value is -0.160. The van der Waals surface area contributed by atoms with Crippen molar-refractivity contribution in [3.8, 4) is 0 Å². The van der Waals surface area contributed by atoms with Crippen LogP contribution in [0.25, 0.3) is 0 Å². The van der Waals surface area contributed by atoms with E-state index in [1.165, 1.54) is 65.0 Å². The number of piperazine rings is 1. The Kier molecular flexibility index (Phi) is 8.31. The molecule has 0 radical (unpaired) electrons. The summed E-state index contributed by atoms with van der Waals surface area (Å²) in [6, 6.07) is 0.758. The lowest BCUT2D eigenvalue weighted by Gasteiger charge is -2.42. The van der Waals surface area contributed by atoms with Crippen molar-refractivity contribution in [1.29, 1.82) is 0 Å². The molecule has 23 heavy (non-hydrogen) atoms. The number of hydrogen-bond acceptors (Lipinski definition) is 4. The molecule has 136 valence electrons. The Bertz CT molecular complexity index is 308. The molecule has 1 heterocycles. The van der Waals surface area contributed by atoms with E-state index in [-0.39, 0.29) is 0 Å². The van der Waals surface area contributed by atoms with Crippen LogP contribution in [-0.2, 0) is 4.74 Å². The van der Waals surface area contributed by atoms with Crippen LogP contribution in [0.2, 0.25) is 0 Å². The van der Waals surface area contributed by atoms with E-state index in [0.29, 0.717) is 6.10 Å². The highest BCUT2D eigenvalue weighted by Gasteiger charge is 2.33. The Labute approximate surface area is 144 Å². The number of nitrogens with zero attached hydrogens (tertiary/aromatic N) is 3. The number of hydrogen-bond donors (Lipinski definition) is 0. The summed E-state index contributed by atoms with van der Waals surface area (Å²) >= 11 is 0. The molecular formula is C19H39N3O. The quantitative estimate of drug-likeness (QED) is 0.614. The molecule has 0 amide bonds. The number of rotatable bonds is 10. The smallest absolute Gasteiger partial charge is 0.0605 e. The third-order valence-electron chi connectivity index (χ3n) is 6.07. The first-order valence-electron chi connectivity index (χ1n) is 9.92. The molecule has 1 saturated carbocycles. The first kappa shape index (κ1) is 19.2. The van der Waals surface area contributed by atoms with Crippen molar-refractivity contribution in [2.24, 2.45) is 5.92 Å². The predicted octanol–water partition coefficient (Wildman–Crippen LogP) is 2.54. The largest absolute Gasteiger partial charge is 0.377 e. The highest BCUT2D eigenvalue weighted by Crippen LogP contribution is 2.28. The minimum absolute atomic E-state index is 0.515. The van der Waals surface area contributed by atoms with Gasteiger partial charge in [0.2, 0.25) is 0 Å². The Morgan fingerprint density at radius 1 is 1.00 bits per heavy atom. The van der Waals surface area contributed by atoms with Crippen molar-refractivity contribution in [1.82, 2.24) is 14.7 Å². The molecule has 4 nitrogen and oxygen atoms in total. The molecule has 2 aliphatic rings. The highest BCUT2D eigenvalue weighted by molar-refractivity contribution is 4.87. The van der Waals surface area contributed by atoms with Crippen molar-refractivity contribution >= 4 is 0 Å². The number of ether oxygens (including phenoxy) is 1. The van der Waals surface area contributed by atoms with Crippen molar-refractivity contribution < 1.29 is 4.74 Å². The molecule has 1 saturated heterocycles. The summed E-state index contributed by atoms with van der Waals surface area (Å²) in [6.45, 7) is 16.2. The lowest BCUT2D eigenvalue weighted by molar-refractivity contribution is -0.0549. The fourth-order valence-corrected chi connectivity index (χ4v) is 3.81. The molecule has 0 unspecified atom stereocenters. The van der Waals surface area contributed by atoms with Crippen molar-refractivity contribution in [2.45, 2.75) is 58.6 Å². The van der Waals surface area contributed by atoms with Gasteiger partial charge in [-0.3, -0.25) is 4.90 Å². The standard InChI is InChI=1S/C19H39N3O/c1-5-17(6-2)16-20(4)18-14-19(15-18)23-13-12-22-10-8-21(7-3)9-11-22/h17-19H,5-16H2,1-4H3/t18-,19-. The van der Waals surface area contributed by atoms with Crippen molar-refractivity contribution in [3.05, 3.63) is 0 Å². The van der Waals surface area contributed by atoms with Gasteiger partial charge in [0.05, 0.1) is 12.7 Å². The molecule has 4 heteroatoms. The van der Waals surface area contributed by atoms with E-state index < -0.39 is 0 Å². The van der Waals surface area contributed by atoms with Gasteiger partial charge in [-0.15, -0.1) is 0 Å². The van der Waals surface area contributed by atoms with Crippen LogP contribution < -0.4 is 0 Å². The van der Waals surface area contributed by atoms with Gasteiger partial charge in [0.25, 0.3) is 0 Å². The van der Waals surface area contributed by atoms with Crippen LogP contribution in [0.3, 0.4) is 0 Å². The maximum atomic E-state index is 6.09. The first-order valence-corrected chi connectivity index (χ1v) is 9.92. The van der Waals surface area contributed by atoms with Gasteiger partial charge in [0.1, 0.15) is 0 Å².